The van der Waals surface area contributed by atoms with Crippen LogP contribution in [0.15, 0.2) is 42.6 Å². The summed E-state index contributed by atoms with van der Waals surface area (Å²) < 4.78 is 0. The van der Waals surface area contributed by atoms with Gasteiger partial charge in [0, 0.05) is 25.8 Å². The first-order chi connectivity index (χ1) is 9.06. The van der Waals surface area contributed by atoms with Crippen molar-refractivity contribution in [1.82, 2.24) is 4.98 Å². The van der Waals surface area contributed by atoms with Crippen LogP contribution < -0.4 is 10.6 Å². The van der Waals surface area contributed by atoms with Crippen LogP contribution in [0.25, 0.3) is 0 Å². The molecule has 0 aliphatic rings. The second-order valence-corrected chi connectivity index (χ2v) is 5.08. The van der Waals surface area contributed by atoms with E-state index in [0.717, 1.165) is 17.9 Å². The molecule has 0 radical (unpaired) electrons. The van der Waals surface area contributed by atoms with E-state index in [0.29, 0.717) is 0 Å². The van der Waals surface area contributed by atoms with Gasteiger partial charge in [0.15, 0.2) is 0 Å². The maximum atomic E-state index is 5.91. The zero-order valence-corrected chi connectivity index (χ0v) is 11.8. The number of rotatable bonds is 4. The van der Waals surface area contributed by atoms with E-state index >= 15 is 0 Å². The van der Waals surface area contributed by atoms with Crippen LogP contribution >= 0.6 is 0 Å². The Hall–Kier alpha value is -1.87. The predicted octanol–water partition coefficient (Wildman–Crippen LogP) is 3.05. The topological polar surface area (TPSA) is 42.1 Å². The van der Waals surface area contributed by atoms with E-state index in [1.165, 1.54) is 11.1 Å². The molecule has 1 aromatic heterocycles. The third-order valence-corrected chi connectivity index (χ3v) is 3.23. The maximum Gasteiger partial charge on any atom is 0.128 e. The van der Waals surface area contributed by atoms with E-state index in [9.17, 15) is 0 Å². The van der Waals surface area contributed by atoms with Crippen LogP contribution in [0, 0.1) is 6.92 Å². The van der Waals surface area contributed by atoms with Gasteiger partial charge in [0.2, 0.25) is 0 Å². The monoisotopic (exact) mass is 255 g/mol. The maximum absolute atomic E-state index is 5.91. The Kier molecular flexibility index (Phi) is 4.17. The Labute approximate surface area is 115 Å². The van der Waals surface area contributed by atoms with Gasteiger partial charge in [0.1, 0.15) is 5.82 Å². The van der Waals surface area contributed by atoms with Crippen molar-refractivity contribution in [3.63, 3.8) is 0 Å². The largest absolute Gasteiger partial charge is 0.355 e. The highest BCUT2D eigenvalue weighted by Crippen LogP contribution is 2.17. The second kappa shape index (κ2) is 5.85. The van der Waals surface area contributed by atoms with Gasteiger partial charge in [-0.3, -0.25) is 0 Å². The highest BCUT2D eigenvalue weighted by molar-refractivity contribution is 5.42. The molecule has 0 saturated carbocycles. The molecule has 19 heavy (non-hydrogen) atoms. The predicted molar refractivity (Wildman–Crippen MR) is 80.1 cm³/mol. The molecular weight excluding hydrogens is 234 g/mol. The van der Waals surface area contributed by atoms with Crippen LogP contribution in [0.2, 0.25) is 0 Å². The van der Waals surface area contributed by atoms with E-state index in [1.54, 1.807) is 0 Å². The van der Waals surface area contributed by atoms with Gasteiger partial charge in [0.05, 0.1) is 0 Å². The lowest BCUT2D eigenvalue weighted by Gasteiger charge is -2.19. The number of aromatic nitrogens is 1. The Morgan fingerprint density at radius 3 is 2.53 bits per heavy atom. The fraction of sp³-hybridized carbons (Fsp3) is 0.312. The Morgan fingerprint density at radius 1 is 1.21 bits per heavy atom. The van der Waals surface area contributed by atoms with Gasteiger partial charge in [-0.05, 0) is 37.1 Å². The van der Waals surface area contributed by atoms with Gasteiger partial charge in [-0.15, -0.1) is 0 Å². The molecule has 0 saturated heterocycles. The molecule has 3 nitrogen and oxygen atoms in total. The molecule has 0 amide bonds. The first-order valence-corrected chi connectivity index (χ1v) is 6.54. The molecule has 100 valence electrons. The summed E-state index contributed by atoms with van der Waals surface area (Å²) in [6.45, 7) is 4.93. The molecule has 0 bridgehead atoms. The van der Waals surface area contributed by atoms with Crippen molar-refractivity contribution in [3.8, 4) is 0 Å². The van der Waals surface area contributed by atoms with Crippen LogP contribution in [0.3, 0.4) is 0 Å². The number of hydrogen-bond acceptors (Lipinski definition) is 3. The van der Waals surface area contributed by atoms with Gasteiger partial charge in [-0.25, -0.2) is 4.98 Å². The Bertz CT molecular complexity index is 532. The fourth-order valence-electron chi connectivity index (χ4n) is 1.97. The van der Waals surface area contributed by atoms with Gasteiger partial charge < -0.3 is 10.6 Å². The van der Waals surface area contributed by atoms with Crippen molar-refractivity contribution in [2.75, 3.05) is 11.9 Å². The SMILES string of the molecule is Cc1ccc(CN(C)c2cc([C@H](C)N)ccn2)cc1. The van der Waals surface area contributed by atoms with Crippen molar-refractivity contribution in [2.24, 2.45) is 5.73 Å². The van der Waals surface area contributed by atoms with E-state index < -0.39 is 0 Å². The molecule has 2 N–H and O–H groups in total. The summed E-state index contributed by atoms with van der Waals surface area (Å²) >= 11 is 0. The summed E-state index contributed by atoms with van der Waals surface area (Å²) in [7, 11) is 2.05. The molecule has 0 unspecified atom stereocenters. The minimum atomic E-state index is 0.0366. The highest BCUT2D eigenvalue weighted by Gasteiger charge is 2.06. The molecule has 2 rings (SSSR count). The van der Waals surface area contributed by atoms with Gasteiger partial charge in [0.25, 0.3) is 0 Å². The summed E-state index contributed by atoms with van der Waals surface area (Å²) in [6, 6.07) is 12.6. The van der Waals surface area contributed by atoms with Crippen LogP contribution in [0.5, 0.6) is 0 Å². The van der Waals surface area contributed by atoms with Crippen LogP contribution in [0.4, 0.5) is 5.82 Å². The fourth-order valence-corrected chi connectivity index (χ4v) is 1.97. The zero-order valence-electron chi connectivity index (χ0n) is 11.8. The normalized spacial score (nSPS) is 12.2. The van der Waals surface area contributed by atoms with Crippen LogP contribution in [-0.4, -0.2) is 12.0 Å². The van der Waals surface area contributed by atoms with E-state index in [-0.39, 0.29) is 6.04 Å². The van der Waals surface area contributed by atoms with Crippen molar-refractivity contribution < 1.29 is 0 Å². The zero-order chi connectivity index (χ0) is 13.8. The second-order valence-electron chi connectivity index (χ2n) is 5.08. The number of nitrogens with two attached hydrogens (primary N) is 1. The Morgan fingerprint density at radius 2 is 1.89 bits per heavy atom. The number of pyridine rings is 1. The minimum Gasteiger partial charge on any atom is -0.355 e. The van der Waals surface area contributed by atoms with Crippen molar-refractivity contribution >= 4 is 5.82 Å². The molecule has 0 aliphatic heterocycles. The van der Waals surface area contributed by atoms with Gasteiger partial charge >= 0.3 is 0 Å². The van der Waals surface area contributed by atoms with Crippen molar-refractivity contribution in [2.45, 2.75) is 26.4 Å². The minimum absolute atomic E-state index is 0.0366. The highest BCUT2D eigenvalue weighted by atomic mass is 15.2. The lowest BCUT2D eigenvalue weighted by atomic mass is 10.1. The molecule has 3 heteroatoms. The lowest BCUT2D eigenvalue weighted by molar-refractivity contribution is 0.809. The van der Waals surface area contributed by atoms with Gasteiger partial charge in [-0.2, -0.15) is 0 Å². The van der Waals surface area contributed by atoms with E-state index in [2.05, 4.69) is 47.1 Å². The summed E-state index contributed by atoms with van der Waals surface area (Å²) in [4.78, 5) is 6.54. The number of nitrogens with zero attached hydrogens (tertiary/aromatic N) is 2. The first kappa shape index (κ1) is 13.6. The first-order valence-electron chi connectivity index (χ1n) is 6.54. The molecule has 0 fully saturated rings. The summed E-state index contributed by atoms with van der Waals surface area (Å²) in [5.74, 6) is 0.954. The molecule has 1 heterocycles. The average Bonchev–Trinajstić information content (AvgIpc) is 2.41. The average molecular weight is 255 g/mol. The number of benzene rings is 1. The number of hydrogen-bond donors (Lipinski definition) is 1. The Balaban J connectivity index is 2.13. The molecular formula is C16H21N3. The van der Waals surface area contributed by atoms with E-state index in [4.69, 9.17) is 5.73 Å². The quantitative estimate of drug-likeness (QED) is 0.913. The molecule has 2 aromatic rings. The summed E-state index contributed by atoms with van der Waals surface area (Å²) in [5.41, 5.74) is 9.58. The smallest absolute Gasteiger partial charge is 0.128 e. The van der Waals surface area contributed by atoms with E-state index in [1.807, 2.05) is 26.2 Å². The van der Waals surface area contributed by atoms with Gasteiger partial charge in [-0.1, -0.05) is 29.8 Å². The van der Waals surface area contributed by atoms with Crippen molar-refractivity contribution in [1.29, 1.82) is 0 Å². The third kappa shape index (κ3) is 3.55. The molecule has 1 aromatic carbocycles. The molecule has 0 spiro atoms. The summed E-state index contributed by atoms with van der Waals surface area (Å²) in [5, 5.41) is 0. The molecule has 1 atom stereocenters. The number of anilines is 1. The van der Waals surface area contributed by atoms with Crippen LogP contribution in [-0.2, 0) is 6.54 Å². The number of aryl methyl sites for hydroxylation is 1. The summed E-state index contributed by atoms with van der Waals surface area (Å²) in [6.07, 6.45) is 1.82. The molecule has 0 aliphatic carbocycles. The van der Waals surface area contributed by atoms with Crippen LogP contribution in [0.1, 0.15) is 29.7 Å². The third-order valence-electron chi connectivity index (χ3n) is 3.23. The van der Waals surface area contributed by atoms with Crippen molar-refractivity contribution in [3.05, 3.63) is 59.3 Å². The standard InChI is InChI=1S/C16H21N3/c1-12-4-6-14(7-5-12)11-19(3)16-10-15(13(2)17)8-9-18-16/h4-10,13H,11,17H2,1-3H3/t13-/m0/s1. The lowest BCUT2D eigenvalue weighted by Crippen LogP contribution is -2.18.